The summed E-state index contributed by atoms with van der Waals surface area (Å²) in [4.78, 5) is 27.3. The van der Waals surface area contributed by atoms with Gasteiger partial charge in [0.2, 0.25) is 0 Å². The van der Waals surface area contributed by atoms with Crippen molar-refractivity contribution >= 4 is 17.2 Å². The number of nitrogens with zero attached hydrogens (tertiary/aromatic N) is 6. The molecule has 0 saturated carbocycles. The molecule has 2 aromatic rings. The lowest BCUT2D eigenvalue weighted by molar-refractivity contribution is 0.0766. The number of hydrogen-bond acceptors (Lipinski definition) is 7. The van der Waals surface area contributed by atoms with Crippen LogP contribution in [0, 0.1) is 29.6 Å². The highest BCUT2D eigenvalue weighted by Crippen LogP contribution is 2.26. The third-order valence-corrected chi connectivity index (χ3v) is 4.16. The minimum absolute atomic E-state index is 0.215. The molecule has 0 bridgehead atoms. The van der Waals surface area contributed by atoms with Gasteiger partial charge in [0.15, 0.2) is 10.8 Å². The van der Waals surface area contributed by atoms with Gasteiger partial charge in [0.1, 0.15) is 4.88 Å². The maximum atomic E-state index is 12.7. The van der Waals surface area contributed by atoms with Gasteiger partial charge >= 0.3 is 0 Å². The van der Waals surface area contributed by atoms with Gasteiger partial charge in [-0.05, 0) is 13.0 Å². The number of hydrogen-bond donors (Lipinski definition) is 0. The third kappa shape index (κ3) is 4.09. The Kier molecular flexibility index (Phi) is 5.73. The largest absolute Gasteiger partial charge is 0.336 e. The van der Waals surface area contributed by atoms with E-state index < -0.39 is 0 Å². The van der Waals surface area contributed by atoms with E-state index in [1.165, 1.54) is 16.2 Å². The average Bonchev–Trinajstić information content (AvgIpc) is 2.97. The predicted octanol–water partition coefficient (Wildman–Crippen LogP) is 2.18. The van der Waals surface area contributed by atoms with E-state index in [0.29, 0.717) is 34.5 Å². The monoisotopic (exact) mass is 326 g/mol. The number of carbonyl (C=O) groups excluding carboxylic acids is 1. The van der Waals surface area contributed by atoms with E-state index in [2.05, 4.69) is 15.0 Å². The quantitative estimate of drug-likeness (QED) is 0.805. The lowest BCUT2D eigenvalue weighted by atomic mass is 10.3. The molecule has 116 valence electrons. The molecular formula is C15H14N6OS. The van der Waals surface area contributed by atoms with Crippen LogP contribution in [-0.4, -0.2) is 38.8 Å². The average molecular weight is 326 g/mol. The summed E-state index contributed by atoms with van der Waals surface area (Å²) in [5.41, 5.74) is 0.598. The molecule has 0 aliphatic rings. The van der Waals surface area contributed by atoms with Gasteiger partial charge in [-0.3, -0.25) is 4.79 Å². The lowest BCUT2D eigenvalue weighted by Gasteiger charge is -2.19. The van der Waals surface area contributed by atoms with Crippen LogP contribution in [0.25, 0.3) is 10.8 Å². The maximum absolute atomic E-state index is 12.7. The number of carbonyl (C=O) groups is 1. The molecule has 0 saturated heterocycles. The Morgan fingerprint density at radius 3 is 2.39 bits per heavy atom. The first kappa shape index (κ1) is 16.5. The lowest BCUT2D eigenvalue weighted by Crippen LogP contribution is -2.32. The SMILES string of the molecule is Cc1nc(-c2ncccn2)sc1C(=O)N(CCC#N)CCC#N. The summed E-state index contributed by atoms with van der Waals surface area (Å²) in [6, 6.07) is 5.75. The molecule has 0 radical (unpaired) electrons. The van der Waals surface area contributed by atoms with Crippen LogP contribution in [0.5, 0.6) is 0 Å². The van der Waals surface area contributed by atoms with Crippen molar-refractivity contribution in [1.82, 2.24) is 19.9 Å². The fourth-order valence-corrected chi connectivity index (χ4v) is 2.91. The van der Waals surface area contributed by atoms with Crippen molar-refractivity contribution < 1.29 is 4.79 Å². The standard InChI is InChI=1S/C15H14N6OS/c1-11-12(15(22)21(9-2-5-16)10-3-6-17)23-14(20-11)13-18-7-4-8-19-13/h4,7-8H,2-3,9-10H2,1H3. The summed E-state index contributed by atoms with van der Waals surface area (Å²) >= 11 is 1.22. The molecule has 2 aromatic heterocycles. The summed E-state index contributed by atoms with van der Waals surface area (Å²) in [6.45, 7) is 2.35. The first-order valence-electron chi connectivity index (χ1n) is 6.95. The molecule has 0 aromatic carbocycles. The fourth-order valence-electron chi connectivity index (χ4n) is 1.93. The molecule has 0 aliphatic carbocycles. The first-order chi connectivity index (χ1) is 11.2. The van der Waals surface area contributed by atoms with Gasteiger partial charge < -0.3 is 4.90 Å². The molecule has 0 spiro atoms. The number of amides is 1. The Labute approximate surface area is 137 Å². The van der Waals surface area contributed by atoms with E-state index in [-0.39, 0.29) is 18.7 Å². The molecule has 0 fully saturated rings. The number of thiazole rings is 1. The van der Waals surface area contributed by atoms with Gasteiger partial charge in [-0.15, -0.1) is 11.3 Å². The summed E-state index contributed by atoms with van der Waals surface area (Å²) in [5, 5.41) is 18.0. The fraction of sp³-hybridized carbons (Fsp3) is 0.333. The van der Waals surface area contributed by atoms with Crippen molar-refractivity contribution in [3.05, 3.63) is 29.0 Å². The van der Waals surface area contributed by atoms with Gasteiger partial charge in [-0.1, -0.05) is 0 Å². The zero-order valence-corrected chi connectivity index (χ0v) is 13.4. The molecule has 0 aliphatic heterocycles. The van der Waals surface area contributed by atoms with Gasteiger partial charge in [-0.2, -0.15) is 10.5 Å². The van der Waals surface area contributed by atoms with Crippen LogP contribution in [0.1, 0.15) is 28.2 Å². The number of nitriles is 2. The van der Waals surface area contributed by atoms with E-state index >= 15 is 0 Å². The highest BCUT2D eigenvalue weighted by Gasteiger charge is 2.22. The molecule has 1 amide bonds. The van der Waals surface area contributed by atoms with Gasteiger partial charge in [0.25, 0.3) is 5.91 Å². The van der Waals surface area contributed by atoms with Gasteiger partial charge in [0.05, 0.1) is 30.7 Å². The summed E-state index contributed by atoms with van der Waals surface area (Å²) in [6.07, 6.45) is 3.69. The Bertz CT molecular complexity index is 741. The van der Waals surface area contributed by atoms with Crippen LogP contribution in [0.4, 0.5) is 0 Å². The van der Waals surface area contributed by atoms with Crippen LogP contribution in [0.3, 0.4) is 0 Å². The van der Waals surface area contributed by atoms with E-state index in [9.17, 15) is 4.79 Å². The van der Waals surface area contributed by atoms with Gasteiger partial charge in [-0.25, -0.2) is 15.0 Å². The van der Waals surface area contributed by atoms with Crippen molar-refractivity contribution in [3.63, 3.8) is 0 Å². The van der Waals surface area contributed by atoms with Crippen LogP contribution in [-0.2, 0) is 0 Å². The first-order valence-corrected chi connectivity index (χ1v) is 7.77. The van der Waals surface area contributed by atoms with Crippen molar-refractivity contribution in [2.45, 2.75) is 19.8 Å². The second-order valence-electron chi connectivity index (χ2n) is 4.61. The molecule has 23 heavy (non-hydrogen) atoms. The topological polar surface area (TPSA) is 107 Å². The summed E-state index contributed by atoms with van der Waals surface area (Å²) in [7, 11) is 0. The second kappa shape index (κ2) is 7.97. The van der Waals surface area contributed by atoms with E-state index in [0.717, 1.165) is 0 Å². The van der Waals surface area contributed by atoms with Crippen molar-refractivity contribution in [2.24, 2.45) is 0 Å². The van der Waals surface area contributed by atoms with Crippen molar-refractivity contribution in [3.8, 4) is 23.0 Å². The summed E-state index contributed by atoms with van der Waals surface area (Å²) in [5.74, 6) is 0.257. The second-order valence-corrected chi connectivity index (χ2v) is 5.61. The van der Waals surface area contributed by atoms with Crippen LogP contribution >= 0.6 is 11.3 Å². The molecule has 2 rings (SSSR count). The molecule has 7 nitrogen and oxygen atoms in total. The summed E-state index contributed by atoms with van der Waals surface area (Å²) < 4.78 is 0. The predicted molar refractivity (Wildman–Crippen MR) is 84.2 cm³/mol. The molecule has 2 heterocycles. The number of aryl methyl sites for hydroxylation is 1. The zero-order valence-electron chi connectivity index (χ0n) is 12.6. The Morgan fingerprint density at radius 2 is 1.83 bits per heavy atom. The van der Waals surface area contributed by atoms with E-state index in [4.69, 9.17) is 10.5 Å². The molecule has 0 N–H and O–H groups in total. The van der Waals surface area contributed by atoms with E-state index in [1.807, 2.05) is 12.1 Å². The highest BCUT2D eigenvalue weighted by molar-refractivity contribution is 7.17. The van der Waals surface area contributed by atoms with Gasteiger partial charge in [0, 0.05) is 25.5 Å². The number of aromatic nitrogens is 3. The Balaban J connectivity index is 2.25. The normalized spacial score (nSPS) is 9.87. The zero-order chi connectivity index (χ0) is 16.7. The smallest absolute Gasteiger partial charge is 0.265 e. The number of rotatable bonds is 6. The highest BCUT2D eigenvalue weighted by atomic mass is 32.1. The minimum Gasteiger partial charge on any atom is -0.336 e. The minimum atomic E-state index is -0.215. The van der Waals surface area contributed by atoms with E-state index in [1.54, 1.807) is 25.4 Å². The molecule has 0 atom stereocenters. The maximum Gasteiger partial charge on any atom is 0.265 e. The van der Waals surface area contributed by atoms with Crippen molar-refractivity contribution in [1.29, 1.82) is 10.5 Å². The van der Waals surface area contributed by atoms with Crippen LogP contribution < -0.4 is 0 Å². The molecule has 0 unspecified atom stereocenters. The molecular weight excluding hydrogens is 312 g/mol. The van der Waals surface area contributed by atoms with Crippen molar-refractivity contribution in [2.75, 3.05) is 13.1 Å². The Hall–Kier alpha value is -2.84. The van der Waals surface area contributed by atoms with Crippen LogP contribution in [0.2, 0.25) is 0 Å². The van der Waals surface area contributed by atoms with Crippen LogP contribution in [0.15, 0.2) is 18.5 Å². The third-order valence-electron chi connectivity index (χ3n) is 3.02. The molecule has 8 heteroatoms. The Morgan fingerprint density at radius 1 is 1.22 bits per heavy atom.